The maximum Gasteiger partial charge on any atom is 0.160 e. The first-order valence-corrected chi connectivity index (χ1v) is 35.5. The number of fused-ring (bicyclic) bond motifs is 10. The molecule has 0 unspecified atom stereocenters. The second kappa shape index (κ2) is 27.2. The highest BCUT2D eigenvalue weighted by molar-refractivity contribution is 6.23. The van der Waals surface area contributed by atoms with Gasteiger partial charge >= 0.3 is 0 Å². The van der Waals surface area contributed by atoms with E-state index < -0.39 is 0 Å². The van der Waals surface area contributed by atoms with Gasteiger partial charge in [-0.05, 0) is 80.9 Å². The molecule has 0 saturated carbocycles. The molecule has 0 bridgehead atoms. The van der Waals surface area contributed by atoms with Gasteiger partial charge in [0.05, 0.1) is 66.7 Å². The lowest BCUT2D eigenvalue weighted by Gasteiger charge is -2.12. The number of nitrogens with zero attached hydrogens (tertiary/aromatic N) is 6. The molecule has 6 heterocycles. The smallest absolute Gasteiger partial charge is 0.160 e. The monoisotopic (exact) mass is 1350 g/mol. The Labute approximate surface area is 611 Å². The van der Waals surface area contributed by atoms with Gasteiger partial charge in [-0.1, -0.05) is 340 Å². The predicted molar refractivity (Wildman–Crippen MR) is 434 cm³/mol. The molecule has 0 atom stereocenters. The first kappa shape index (κ1) is 62.6. The highest BCUT2D eigenvalue weighted by atomic mass is 16.3. The lowest BCUT2D eigenvalue weighted by molar-refractivity contribution is 0.672. The molecule has 8 heteroatoms. The van der Waals surface area contributed by atoms with E-state index >= 15 is 0 Å². The van der Waals surface area contributed by atoms with Crippen molar-refractivity contribution in [3.05, 3.63) is 376 Å². The van der Waals surface area contributed by atoms with E-state index in [1.807, 2.05) is 84.9 Å². The molecule has 106 heavy (non-hydrogen) atoms. The van der Waals surface area contributed by atoms with Gasteiger partial charge in [0, 0.05) is 55.3 Å². The van der Waals surface area contributed by atoms with Crippen molar-refractivity contribution in [2.75, 3.05) is 0 Å². The molecule has 496 valence electrons. The fraction of sp³-hybridized carbons (Fsp3) is 0. The minimum absolute atomic E-state index is 0.682. The van der Waals surface area contributed by atoms with Crippen LogP contribution in [0.2, 0.25) is 0 Å². The minimum Gasteiger partial charge on any atom is -0.455 e. The van der Waals surface area contributed by atoms with Crippen LogP contribution in [-0.4, -0.2) is 29.9 Å². The van der Waals surface area contributed by atoms with Crippen molar-refractivity contribution in [2.45, 2.75) is 0 Å². The number of rotatable bonds is 12. The summed E-state index contributed by atoms with van der Waals surface area (Å²) in [4.78, 5) is 31.0. The van der Waals surface area contributed by atoms with Crippen LogP contribution in [0.15, 0.2) is 385 Å². The van der Waals surface area contributed by atoms with Crippen molar-refractivity contribution in [1.82, 2.24) is 29.9 Å². The van der Waals surface area contributed by atoms with Gasteiger partial charge in [0.15, 0.2) is 11.6 Å². The summed E-state index contributed by atoms with van der Waals surface area (Å²) in [5.41, 5.74) is 27.5. The van der Waals surface area contributed by atoms with Gasteiger partial charge in [-0.25, -0.2) is 29.9 Å². The van der Waals surface area contributed by atoms with E-state index in [0.29, 0.717) is 11.6 Å². The van der Waals surface area contributed by atoms with Crippen LogP contribution in [0.25, 0.3) is 201 Å². The molecule has 0 spiro atoms. The van der Waals surface area contributed by atoms with E-state index in [-0.39, 0.29) is 0 Å². The zero-order valence-electron chi connectivity index (χ0n) is 57.3. The second-order valence-electron chi connectivity index (χ2n) is 26.4. The Bertz CT molecular complexity index is 6210. The van der Waals surface area contributed by atoms with Crippen molar-refractivity contribution in [3.63, 3.8) is 0 Å². The second-order valence-corrected chi connectivity index (χ2v) is 26.4. The van der Waals surface area contributed by atoms with Gasteiger partial charge < -0.3 is 8.83 Å². The summed E-state index contributed by atoms with van der Waals surface area (Å²) in [5.74, 6) is 1.36. The topological polar surface area (TPSA) is 104 Å². The van der Waals surface area contributed by atoms with Gasteiger partial charge in [-0.3, -0.25) is 0 Å². The van der Waals surface area contributed by atoms with Crippen LogP contribution in [0.1, 0.15) is 0 Å². The molecule has 0 aliphatic heterocycles. The number of pyridine rings is 2. The molecule has 0 aliphatic rings. The number of hydrogen-bond acceptors (Lipinski definition) is 8. The molecule has 0 saturated heterocycles. The summed E-state index contributed by atoms with van der Waals surface area (Å²) in [6.45, 7) is 0. The Morgan fingerprint density at radius 3 is 0.792 bits per heavy atom. The fourth-order valence-electron chi connectivity index (χ4n) is 14.6. The van der Waals surface area contributed by atoms with Crippen LogP contribution in [0, 0.1) is 0 Å². The zero-order valence-corrected chi connectivity index (χ0v) is 57.3. The van der Waals surface area contributed by atoms with Crippen LogP contribution in [0.5, 0.6) is 0 Å². The van der Waals surface area contributed by atoms with Crippen LogP contribution in [-0.2, 0) is 0 Å². The van der Waals surface area contributed by atoms with Crippen LogP contribution < -0.4 is 0 Å². The summed E-state index contributed by atoms with van der Waals surface area (Å²) in [7, 11) is 0. The minimum atomic E-state index is 0.682. The lowest BCUT2D eigenvalue weighted by atomic mass is 9.96. The van der Waals surface area contributed by atoms with E-state index in [0.717, 1.165) is 178 Å². The SMILES string of the molecule is c1ccc(-c2ccc(-c3nc(-c4ccccc4)cc(-c4ccc(-c5nc6cccc(-c7ccccc7)c6c6oc7ccccc7c56)cc4)n3)cc2)cc1.c1ccc(-c2ccc(-c3nc(-c4ccccc4)cc(-c4ccc(-c5nc6cccc(-c7ccccc7)c6c6oc7ccccc7c56)cc4)n3)cc2)cc1. The summed E-state index contributed by atoms with van der Waals surface area (Å²) >= 11 is 0. The molecular weight excluding hydrogens is 1290 g/mol. The Hall–Kier alpha value is -14.3. The molecular formula is C98H62N6O2. The standard InChI is InChI=1S/2C49H31N3O/c2*1-4-13-32(14-5-1)33-23-29-38(30-24-33)49-51-42(35-17-8-3-9-18-35)31-43(52-49)36-25-27-37(28-26-36)47-46-40-19-10-11-22-44(40)53-48(46)45-39(20-12-21-41(45)50-47)34-15-6-2-7-16-34/h2*1-31H. The van der Waals surface area contributed by atoms with Crippen molar-refractivity contribution in [3.8, 4) is 135 Å². The maximum absolute atomic E-state index is 6.67. The molecule has 6 aromatic heterocycles. The Balaban J connectivity index is 0.000000145. The van der Waals surface area contributed by atoms with Crippen molar-refractivity contribution in [2.24, 2.45) is 0 Å². The normalized spacial score (nSPS) is 11.4. The quantitative estimate of drug-likeness (QED) is 0.119. The molecule has 0 amide bonds. The van der Waals surface area contributed by atoms with Gasteiger partial charge in [0.2, 0.25) is 0 Å². The first-order valence-electron chi connectivity index (χ1n) is 35.5. The Morgan fingerprint density at radius 1 is 0.179 bits per heavy atom. The molecule has 0 aliphatic carbocycles. The van der Waals surface area contributed by atoms with Crippen molar-refractivity contribution < 1.29 is 8.83 Å². The molecule has 8 nitrogen and oxygen atoms in total. The van der Waals surface area contributed by atoms with Gasteiger partial charge in [-0.2, -0.15) is 0 Å². The van der Waals surface area contributed by atoms with E-state index in [2.05, 4.69) is 291 Å². The predicted octanol–water partition coefficient (Wildman–Crippen LogP) is 25.9. The Morgan fingerprint density at radius 2 is 0.443 bits per heavy atom. The molecule has 0 N–H and O–H groups in total. The van der Waals surface area contributed by atoms with E-state index in [1.54, 1.807) is 0 Å². The zero-order chi connectivity index (χ0) is 70.3. The van der Waals surface area contributed by atoms with E-state index in [4.69, 9.17) is 38.7 Å². The number of aromatic nitrogens is 6. The van der Waals surface area contributed by atoms with E-state index in [1.165, 1.54) is 11.1 Å². The molecule has 20 rings (SSSR count). The summed E-state index contributed by atoms with van der Waals surface area (Å²) in [5, 5.41) is 6.15. The Kier molecular flexibility index (Phi) is 16.1. The largest absolute Gasteiger partial charge is 0.455 e. The van der Waals surface area contributed by atoms with Gasteiger partial charge in [-0.15, -0.1) is 0 Å². The summed E-state index contributed by atoms with van der Waals surface area (Å²) in [6.07, 6.45) is 0. The van der Waals surface area contributed by atoms with Crippen molar-refractivity contribution in [1.29, 1.82) is 0 Å². The average Bonchev–Trinajstić information content (AvgIpc) is 1.53. The third kappa shape index (κ3) is 11.9. The van der Waals surface area contributed by atoms with Crippen LogP contribution >= 0.6 is 0 Å². The fourth-order valence-corrected chi connectivity index (χ4v) is 14.6. The van der Waals surface area contributed by atoms with Crippen molar-refractivity contribution >= 4 is 65.7 Å². The number of furan rings is 2. The average molecular weight is 1360 g/mol. The number of hydrogen-bond donors (Lipinski definition) is 0. The lowest BCUT2D eigenvalue weighted by Crippen LogP contribution is -1.96. The molecule has 14 aromatic carbocycles. The summed E-state index contributed by atoms with van der Waals surface area (Å²) in [6, 6.07) is 130. The molecule has 20 aromatic rings. The third-order valence-electron chi connectivity index (χ3n) is 19.8. The highest BCUT2D eigenvalue weighted by Crippen LogP contribution is 2.46. The van der Waals surface area contributed by atoms with Gasteiger partial charge in [0.25, 0.3) is 0 Å². The molecule has 0 fully saturated rings. The highest BCUT2D eigenvalue weighted by Gasteiger charge is 2.24. The summed E-state index contributed by atoms with van der Waals surface area (Å²) < 4.78 is 13.3. The number of para-hydroxylation sites is 2. The van der Waals surface area contributed by atoms with E-state index in [9.17, 15) is 0 Å². The molecule has 0 radical (unpaired) electrons. The van der Waals surface area contributed by atoms with Gasteiger partial charge in [0.1, 0.15) is 22.3 Å². The third-order valence-corrected chi connectivity index (χ3v) is 19.8. The number of benzene rings is 14. The van der Waals surface area contributed by atoms with Crippen LogP contribution in [0.4, 0.5) is 0 Å². The first-order chi connectivity index (χ1) is 52.5. The van der Waals surface area contributed by atoms with Crippen LogP contribution in [0.3, 0.4) is 0 Å². The maximum atomic E-state index is 6.67.